The minimum Gasteiger partial charge on any atom is -0.370 e. The Hall–Kier alpha value is -2.22. The summed E-state index contributed by atoms with van der Waals surface area (Å²) in [6.45, 7) is 2.46. The summed E-state index contributed by atoms with van der Waals surface area (Å²) in [5.74, 6) is -0.0246. The van der Waals surface area contributed by atoms with Crippen LogP contribution in [0.5, 0.6) is 0 Å². The Morgan fingerprint density at radius 2 is 1.85 bits per heavy atom. The van der Waals surface area contributed by atoms with Crippen molar-refractivity contribution >= 4 is 21.6 Å². The van der Waals surface area contributed by atoms with Crippen molar-refractivity contribution in [1.29, 1.82) is 0 Å². The number of fused-ring (bicyclic) bond motifs is 1. The molecule has 4 rings (SSSR count). The number of rotatable bonds is 3. The van der Waals surface area contributed by atoms with E-state index in [1.807, 2.05) is 37.3 Å². The first-order valence-corrected chi connectivity index (χ1v) is 10.4. The van der Waals surface area contributed by atoms with Crippen LogP contribution in [0.25, 0.3) is 0 Å². The van der Waals surface area contributed by atoms with E-state index in [1.54, 1.807) is 30.1 Å². The molecular weight excluding hydrogens is 364 g/mol. The third-order valence-corrected chi connectivity index (χ3v) is 7.26. The normalized spacial score (nSPS) is 23.5. The lowest BCUT2D eigenvalue weighted by atomic mass is 10.1. The van der Waals surface area contributed by atoms with Gasteiger partial charge in [-0.15, -0.1) is 0 Å². The highest BCUT2D eigenvalue weighted by molar-refractivity contribution is 7.89. The quantitative estimate of drug-likeness (QED) is 0.812. The molecule has 0 spiro atoms. The minimum absolute atomic E-state index is 0.0246. The number of carbonyl (C=O) groups is 1. The second-order valence-electron chi connectivity index (χ2n) is 7.08. The van der Waals surface area contributed by atoms with Crippen LogP contribution in [0.3, 0.4) is 0 Å². The van der Waals surface area contributed by atoms with Crippen LogP contribution < -0.4 is 4.90 Å². The maximum Gasteiger partial charge on any atom is 0.243 e. The SMILES string of the molecule is CC1COC(c2ccccc2)CN1S(=O)(=O)c1ccc2c(c1)CC(=O)N2C. The number of hydrogen-bond acceptors (Lipinski definition) is 4. The Morgan fingerprint density at radius 3 is 2.59 bits per heavy atom. The number of likely N-dealkylation sites (N-methyl/N-ethyl adjacent to an activating group) is 1. The van der Waals surface area contributed by atoms with Crippen molar-refractivity contribution < 1.29 is 17.9 Å². The predicted molar refractivity (Wildman–Crippen MR) is 102 cm³/mol. The number of ether oxygens (including phenoxy) is 1. The largest absolute Gasteiger partial charge is 0.370 e. The molecule has 2 aromatic carbocycles. The van der Waals surface area contributed by atoms with Gasteiger partial charge in [-0.1, -0.05) is 30.3 Å². The van der Waals surface area contributed by atoms with Crippen LogP contribution in [-0.2, 0) is 26.0 Å². The lowest BCUT2D eigenvalue weighted by molar-refractivity contribution is -0.117. The third kappa shape index (κ3) is 3.16. The Kier molecular flexibility index (Phi) is 4.53. The first kappa shape index (κ1) is 18.2. The van der Waals surface area contributed by atoms with Gasteiger partial charge >= 0.3 is 0 Å². The van der Waals surface area contributed by atoms with Gasteiger partial charge < -0.3 is 9.64 Å². The van der Waals surface area contributed by atoms with E-state index in [0.29, 0.717) is 6.61 Å². The maximum atomic E-state index is 13.3. The lowest BCUT2D eigenvalue weighted by Crippen LogP contribution is -2.48. The number of benzene rings is 2. The van der Waals surface area contributed by atoms with Crippen LogP contribution in [-0.4, -0.2) is 44.9 Å². The molecule has 7 heteroatoms. The van der Waals surface area contributed by atoms with Crippen molar-refractivity contribution in [3.8, 4) is 0 Å². The molecule has 0 aromatic heterocycles. The summed E-state index contributed by atoms with van der Waals surface area (Å²) in [6.07, 6.45) is -0.0557. The van der Waals surface area contributed by atoms with Crippen LogP contribution in [0.2, 0.25) is 0 Å². The molecule has 6 nitrogen and oxygen atoms in total. The molecule has 1 fully saturated rings. The molecule has 0 radical (unpaired) electrons. The minimum atomic E-state index is -3.69. The monoisotopic (exact) mass is 386 g/mol. The zero-order valence-electron chi connectivity index (χ0n) is 15.3. The first-order chi connectivity index (χ1) is 12.9. The Morgan fingerprint density at radius 1 is 1.11 bits per heavy atom. The van der Waals surface area contributed by atoms with Gasteiger partial charge in [0.15, 0.2) is 0 Å². The highest BCUT2D eigenvalue weighted by Crippen LogP contribution is 2.33. The molecule has 2 unspecified atom stereocenters. The average Bonchev–Trinajstić information content (AvgIpc) is 2.96. The van der Waals surface area contributed by atoms with Crippen molar-refractivity contribution in [2.75, 3.05) is 25.1 Å². The third-order valence-electron chi connectivity index (χ3n) is 5.28. The second kappa shape index (κ2) is 6.74. The summed E-state index contributed by atoms with van der Waals surface area (Å²) in [4.78, 5) is 13.7. The molecule has 27 heavy (non-hydrogen) atoms. The molecule has 2 atom stereocenters. The number of morpholine rings is 1. The number of anilines is 1. The van der Waals surface area contributed by atoms with E-state index >= 15 is 0 Å². The zero-order valence-corrected chi connectivity index (χ0v) is 16.1. The number of carbonyl (C=O) groups excluding carboxylic acids is 1. The molecule has 142 valence electrons. The molecule has 2 aliphatic rings. The predicted octanol–water partition coefficient (Wildman–Crippen LogP) is 2.36. The van der Waals surface area contributed by atoms with E-state index in [2.05, 4.69) is 0 Å². The molecule has 1 amide bonds. The lowest BCUT2D eigenvalue weighted by Gasteiger charge is -2.37. The van der Waals surface area contributed by atoms with Crippen molar-refractivity contribution in [3.05, 3.63) is 59.7 Å². The van der Waals surface area contributed by atoms with Gasteiger partial charge in [0.1, 0.15) is 0 Å². The van der Waals surface area contributed by atoms with Gasteiger partial charge in [0.05, 0.1) is 24.0 Å². The van der Waals surface area contributed by atoms with E-state index in [0.717, 1.165) is 16.8 Å². The topological polar surface area (TPSA) is 66.9 Å². The van der Waals surface area contributed by atoms with Crippen LogP contribution in [0.4, 0.5) is 5.69 Å². The fourth-order valence-electron chi connectivity index (χ4n) is 3.68. The van der Waals surface area contributed by atoms with Crippen molar-refractivity contribution in [3.63, 3.8) is 0 Å². The van der Waals surface area contributed by atoms with Gasteiger partial charge in [0, 0.05) is 25.3 Å². The Balaban J connectivity index is 1.65. The summed E-state index contributed by atoms with van der Waals surface area (Å²) in [7, 11) is -1.98. The Bertz CT molecular complexity index is 975. The molecule has 0 aliphatic carbocycles. The van der Waals surface area contributed by atoms with E-state index in [-0.39, 0.29) is 35.9 Å². The average molecular weight is 386 g/mol. The summed E-state index contributed by atoms with van der Waals surface area (Å²) in [6, 6.07) is 14.3. The molecular formula is C20H22N2O4S. The molecule has 0 N–H and O–H groups in total. The van der Waals surface area contributed by atoms with Crippen LogP contribution in [0.1, 0.15) is 24.2 Å². The van der Waals surface area contributed by atoms with Gasteiger partial charge in [0.25, 0.3) is 0 Å². The van der Waals surface area contributed by atoms with E-state index in [9.17, 15) is 13.2 Å². The smallest absolute Gasteiger partial charge is 0.243 e. The highest BCUT2D eigenvalue weighted by Gasteiger charge is 2.37. The van der Waals surface area contributed by atoms with Crippen LogP contribution in [0.15, 0.2) is 53.4 Å². The van der Waals surface area contributed by atoms with Gasteiger partial charge in [-0.25, -0.2) is 8.42 Å². The van der Waals surface area contributed by atoms with Crippen molar-refractivity contribution in [1.82, 2.24) is 4.31 Å². The zero-order chi connectivity index (χ0) is 19.2. The number of amides is 1. The van der Waals surface area contributed by atoms with E-state index in [1.165, 1.54) is 4.31 Å². The maximum absolute atomic E-state index is 13.3. The van der Waals surface area contributed by atoms with E-state index in [4.69, 9.17) is 4.74 Å². The molecule has 0 bridgehead atoms. The Labute approximate surface area is 159 Å². The van der Waals surface area contributed by atoms with Gasteiger partial charge in [0.2, 0.25) is 15.9 Å². The van der Waals surface area contributed by atoms with Crippen molar-refractivity contribution in [2.24, 2.45) is 0 Å². The van der Waals surface area contributed by atoms with Gasteiger partial charge in [-0.05, 0) is 36.2 Å². The number of sulfonamides is 1. The second-order valence-corrected chi connectivity index (χ2v) is 8.97. The summed E-state index contributed by atoms with van der Waals surface area (Å²) in [5, 5.41) is 0. The molecule has 2 aromatic rings. The first-order valence-electron chi connectivity index (χ1n) is 8.96. The van der Waals surface area contributed by atoms with Crippen LogP contribution in [0, 0.1) is 0 Å². The molecule has 1 saturated heterocycles. The van der Waals surface area contributed by atoms with Gasteiger partial charge in [-0.3, -0.25) is 4.79 Å². The summed E-state index contributed by atoms with van der Waals surface area (Å²) in [5.41, 5.74) is 2.49. The summed E-state index contributed by atoms with van der Waals surface area (Å²) >= 11 is 0. The fraction of sp³-hybridized carbons (Fsp3) is 0.350. The number of hydrogen-bond donors (Lipinski definition) is 0. The van der Waals surface area contributed by atoms with Gasteiger partial charge in [-0.2, -0.15) is 4.31 Å². The molecule has 2 heterocycles. The van der Waals surface area contributed by atoms with Crippen LogP contribution >= 0.6 is 0 Å². The molecule has 0 saturated carbocycles. The van der Waals surface area contributed by atoms with E-state index < -0.39 is 10.0 Å². The molecule has 2 aliphatic heterocycles. The summed E-state index contributed by atoms with van der Waals surface area (Å²) < 4.78 is 34.0. The van der Waals surface area contributed by atoms with Crippen molar-refractivity contribution in [2.45, 2.75) is 30.4 Å². The standard InChI is InChI=1S/C20H22N2O4S/c1-14-13-26-19(15-6-4-3-5-7-15)12-22(14)27(24,25)17-8-9-18-16(10-17)11-20(23)21(18)2/h3-10,14,19H,11-13H2,1-2H3. The number of nitrogens with zero attached hydrogens (tertiary/aromatic N) is 2. The fourth-order valence-corrected chi connectivity index (χ4v) is 5.35. The highest BCUT2D eigenvalue weighted by atomic mass is 32.2.